The van der Waals surface area contributed by atoms with Gasteiger partial charge in [0.2, 0.25) is 5.91 Å². The number of hydrogen-bond acceptors (Lipinski definition) is 4. The Hall–Kier alpha value is -2.11. The molecule has 0 fully saturated rings. The van der Waals surface area contributed by atoms with Gasteiger partial charge in [-0.1, -0.05) is 0 Å². The van der Waals surface area contributed by atoms with Gasteiger partial charge in [-0.2, -0.15) is 0 Å². The van der Waals surface area contributed by atoms with E-state index in [0.29, 0.717) is 24.5 Å². The van der Waals surface area contributed by atoms with Gasteiger partial charge in [-0.3, -0.25) is 14.9 Å². The van der Waals surface area contributed by atoms with Gasteiger partial charge in [0.15, 0.2) is 0 Å². The number of ether oxygens (including phenoxy) is 1. The Balaban J connectivity index is 2.20. The van der Waals surface area contributed by atoms with E-state index in [1.807, 2.05) is 0 Å². The van der Waals surface area contributed by atoms with Crippen molar-refractivity contribution >= 4 is 17.3 Å². The number of anilines is 1. The molecule has 1 aromatic carbocycles. The van der Waals surface area contributed by atoms with Gasteiger partial charge in [0.1, 0.15) is 5.75 Å². The van der Waals surface area contributed by atoms with Crippen molar-refractivity contribution in [3.05, 3.63) is 27.8 Å². The van der Waals surface area contributed by atoms with E-state index in [4.69, 9.17) is 4.74 Å². The van der Waals surface area contributed by atoms with E-state index in [1.165, 1.54) is 12.1 Å². The summed E-state index contributed by atoms with van der Waals surface area (Å²) in [7, 11) is 0. The minimum Gasteiger partial charge on any atom is -0.491 e. The SMILES string of the molecule is O=C1Cc2cc([N+](=O)[O-])cc3c2N1CCCO3. The standard InChI is InChI=1S/C11H10N2O4/c14-10-5-7-4-8(13(15)16)6-9-11(7)12(10)2-1-3-17-9/h4,6H,1-3,5H2. The molecule has 0 aliphatic carbocycles. The van der Waals surface area contributed by atoms with Crippen LogP contribution in [0.15, 0.2) is 12.1 Å². The van der Waals surface area contributed by atoms with Gasteiger partial charge in [-0.15, -0.1) is 0 Å². The molecule has 6 nitrogen and oxygen atoms in total. The minimum absolute atomic E-state index is 0.00718. The summed E-state index contributed by atoms with van der Waals surface area (Å²) < 4.78 is 5.48. The molecule has 2 aliphatic rings. The summed E-state index contributed by atoms with van der Waals surface area (Å²) in [4.78, 5) is 23.8. The van der Waals surface area contributed by atoms with Crippen molar-refractivity contribution in [2.24, 2.45) is 0 Å². The second kappa shape index (κ2) is 3.44. The highest BCUT2D eigenvalue weighted by Crippen LogP contribution is 2.42. The largest absolute Gasteiger partial charge is 0.491 e. The minimum atomic E-state index is -0.460. The molecule has 3 rings (SSSR count). The first-order valence-electron chi connectivity index (χ1n) is 5.41. The van der Waals surface area contributed by atoms with E-state index in [9.17, 15) is 14.9 Å². The third-order valence-electron chi connectivity index (χ3n) is 3.05. The molecule has 0 radical (unpaired) electrons. The Morgan fingerprint density at radius 2 is 2.24 bits per heavy atom. The second-order valence-corrected chi connectivity index (χ2v) is 4.13. The molecule has 2 aliphatic heterocycles. The number of benzene rings is 1. The predicted octanol–water partition coefficient (Wildman–Crippen LogP) is 1.27. The fourth-order valence-electron chi connectivity index (χ4n) is 2.33. The number of amides is 1. The summed E-state index contributed by atoms with van der Waals surface area (Å²) in [6.45, 7) is 1.11. The van der Waals surface area contributed by atoms with E-state index in [-0.39, 0.29) is 18.0 Å². The quantitative estimate of drug-likeness (QED) is 0.541. The Labute approximate surface area is 96.9 Å². The molecule has 0 saturated carbocycles. The molecule has 0 unspecified atom stereocenters. The molecule has 17 heavy (non-hydrogen) atoms. The number of rotatable bonds is 1. The number of nitro groups is 1. The van der Waals surface area contributed by atoms with E-state index < -0.39 is 4.92 Å². The van der Waals surface area contributed by atoms with Crippen molar-refractivity contribution in [2.75, 3.05) is 18.1 Å². The molecule has 2 heterocycles. The van der Waals surface area contributed by atoms with Gasteiger partial charge < -0.3 is 9.64 Å². The number of carbonyl (C=O) groups excluding carboxylic acids is 1. The summed E-state index contributed by atoms with van der Waals surface area (Å²) in [6.07, 6.45) is 0.973. The maximum absolute atomic E-state index is 11.8. The monoisotopic (exact) mass is 234 g/mol. The second-order valence-electron chi connectivity index (χ2n) is 4.13. The van der Waals surface area contributed by atoms with Crippen LogP contribution in [0.4, 0.5) is 11.4 Å². The maximum atomic E-state index is 11.8. The van der Waals surface area contributed by atoms with Crippen LogP contribution in [0.5, 0.6) is 5.75 Å². The first-order chi connectivity index (χ1) is 8.16. The van der Waals surface area contributed by atoms with Crippen molar-refractivity contribution in [1.82, 2.24) is 0 Å². The zero-order chi connectivity index (χ0) is 12.0. The van der Waals surface area contributed by atoms with E-state index in [2.05, 4.69) is 0 Å². The molecular formula is C11H10N2O4. The molecular weight excluding hydrogens is 224 g/mol. The Morgan fingerprint density at radius 1 is 1.41 bits per heavy atom. The summed E-state index contributed by atoms with van der Waals surface area (Å²) >= 11 is 0. The zero-order valence-electron chi connectivity index (χ0n) is 9.01. The topological polar surface area (TPSA) is 72.7 Å². The zero-order valence-corrected chi connectivity index (χ0v) is 9.01. The molecule has 0 bridgehead atoms. The van der Waals surface area contributed by atoms with Crippen LogP contribution in [0.2, 0.25) is 0 Å². The molecule has 88 valence electrons. The first kappa shape index (κ1) is 10.1. The number of non-ortho nitro benzene ring substituents is 1. The lowest BCUT2D eigenvalue weighted by molar-refractivity contribution is -0.385. The molecule has 0 saturated heterocycles. The maximum Gasteiger partial charge on any atom is 0.273 e. The predicted molar refractivity (Wildman–Crippen MR) is 59.3 cm³/mol. The fourth-order valence-corrected chi connectivity index (χ4v) is 2.33. The summed E-state index contributed by atoms with van der Waals surface area (Å²) in [5.74, 6) is 0.449. The van der Waals surface area contributed by atoms with Gasteiger partial charge >= 0.3 is 0 Å². The highest BCUT2D eigenvalue weighted by molar-refractivity contribution is 6.03. The van der Waals surface area contributed by atoms with Gasteiger partial charge in [-0.25, -0.2) is 0 Å². The number of nitrogens with zero attached hydrogens (tertiary/aromatic N) is 2. The number of hydrogen-bond donors (Lipinski definition) is 0. The Kier molecular flexibility index (Phi) is 2.04. The van der Waals surface area contributed by atoms with Crippen LogP contribution in [0.1, 0.15) is 12.0 Å². The van der Waals surface area contributed by atoms with Crippen molar-refractivity contribution in [3.63, 3.8) is 0 Å². The average Bonchev–Trinajstić information content (AvgIpc) is 2.48. The lowest BCUT2D eigenvalue weighted by Gasteiger charge is -2.15. The molecule has 0 spiro atoms. The van der Waals surface area contributed by atoms with Crippen LogP contribution in [0, 0.1) is 10.1 Å². The Morgan fingerprint density at radius 3 is 3.00 bits per heavy atom. The normalized spacial score (nSPS) is 17.4. The highest BCUT2D eigenvalue weighted by atomic mass is 16.6. The van der Waals surface area contributed by atoms with Gasteiger partial charge in [0.25, 0.3) is 5.69 Å². The van der Waals surface area contributed by atoms with Crippen molar-refractivity contribution in [2.45, 2.75) is 12.8 Å². The van der Waals surface area contributed by atoms with Gasteiger partial charge in [0.05, 0.1) is 29.7 Å². The van der Waals surface area contributed by atoms with Crippen LogP contribution in [0.3, 0.4) is 0 Å². The molecule has 1 aromatic rings. The summed E-state index contributed by atoms with van der Waals surface area (Å²) in [6, 6.07) is 2.86. The lowest BCUT2D eigenvalue weighted by Crippen LogP contribution is -2.27. The third kappa shape index (κ3) is 1.44. The van der Waals surface area contributed by atoms with Gasteiger partial charge in [0, 0.05) is 12.6 Å². The third-order valence-corrected chi connectivity index (χ3v) is 3.05. The van der Waals surface area contributed by atoms with Crippen molar-refractivity contribution in [3.8, 4) is 5.75 Å². The highest BCUT2D eigenvalue weighted by Gasteiger charge is 2.33. The van der Waals surface area contributed by atoms with Crippen LogP contribution >= 0.6 is 0 Å². The van der Waals surface area contributed by atoms with Crippen LogP contribution in [-0.2, 0) is 11.2 Å². The summed E-state index contributed by atoms with van der Waals surface area (Å²) in [5.41, 5.74) is 1.40. The average molecular weight is 234 g/mol. The van der Waals surface area contributed by atoms with Crippen LogP contribution < -0.4 is 9.64 Å². The molecule has 1 amide bonds. The van der Waals surface area contributed by atoms with Crippen molar-refractivity contribution < 1.29 is 14.5 Å². The van der Waals surface area contributed by atoms with E-state index in [0.717, 1.165) is 12.1 Å². The van der Waals surface area contributed by atoms with Gasteiger partial charge in [-0.05, 0) is 12.0 Å². The van der Waals surface area contributed by atoms with Crippen LogP contribution in [-0.4, -0.2) is 24.0 Å². The first-order valence-corrected chi connectivity index (χ1v) is 5.41. The lowest BCUT2D eigenvalue weighted by atomic mass is 10.1. The summed E-state index contributed by atoms with van der Waals surface area (Å²) in [5, 5.41) is 10.8. The molecule has 0 N–H and O–H groups in total. The van der Waals surface area contributed by atoms with E-state index in [1.54, 1.807) is 4.90 Å². The van der Waals surface area contributed by atoms with E-state index >= 15 is 0 Å². The molecule has 6 heteroatoms. The molecule has 0 atom stereocenters. The number of carbonyl (C=O) groups is 1. The Bertz CT molecular complexity index is 526. The number of nitro benzene ring substituents is 1. The molecule has 0 aromatic heterocycles. The fraction of sp³-hybridized carbons (Fsp3) is 0.364. The smallest absolute Gasteiger partial charge is 0.273 e. The van der Waals surface area contributed by atoms with Crippen molar-refractivity contribution in [1.29, 1.82) is 0 Å². The van der Waals surface area contributed by atoms with Crippen LogP contribution in [0.25, 0.3) is 0 Å².